The Morgan fingerprint density at radius 3 is 2.54 bits per heavy atom. The zero-order chi connectivity index (χ0) is 18.4. The van der Waals surface area contributed by atoms with E-state index < -0.39 is 6.09 Å². The third-order valence-corrected chi connectivity index (χ3v) is 4.30. The number of hydrogen-bond acceptors (Lipinski definition) is 4. The monoisotopic (exact) mass is 350 g/mol. The van der Waals surface area contributed by atoms with Gasteiger partial charge in [-0.3, -0.25) is 14.7 Å². The van der Waals surface area contributed by atoms with Crippen molar-refractivity contribution >= 4 is 23.1 Å². The first-order valence-electron chi connectivity index (χ1n) is 8.90. The third-order valence-electron chi connectivity index (χ3n) is 4.30. The molecular weight excluding hydrogens is 328 g/mol. The van der Waals surface area contributed by atoms with E-state index in [1.165, 1.54) is 0 Å². The molecule has 5 heteroatoms. The molecular formula is C21H22N2O3. The highest BCUT2D eigenvalue weighted by Crippen LogP contribution is 2.33. The van der Waals surface area contributed by atoms with Crippen molar-refractivity contribution in [2.45, 2.75) is 26.2 Å². The molecule has 1 aliphatic heterocycles. The van der Waals surface area contributed by atoms with Crippen LogP contribution in [-0.2, 0) is 9.53 Å². The van der Waals surface area contributed by atoms with E-state index >= 15 is 0 Å². The van der Waals surface area contributed by atoms with Gasteiger partial charge in [-0.15, -0.1) is 0 Å². The van der Waals surface area contributed by atoms with Crippen molar-refractivity contribution in [2.75, 3.05) is 13.2 Å². The largest absolute Gasteiger partial charge is 0.447 e. The van der Waals surface area contributed by atoms with Crippen LogP contribution in [0.1, 0.15) is 37.3 Å². The van der Waals surface area contributed by atoms with E-state index in [2.05, 4.69) is 11.9 Å². The highest BCUT2D eigenvalue weighted by molar-refractivity contribution is 6.28. The van der Waals surface area contributed by atoms with Gasteiger partial charge >= 0.3 is 6.09 Å². The standard InChI is InChI=1S/C21H22N2O3/c1-2-3-11-18(24)19(16-8-5-4-6-9-16)20(17-10-7-12-22-15-17)23-13-14-26-21(23)25/h4-10,12,15H,2-3,11,13-14H2,1H3/b20-19+. The minimum atomic E-state index is -0.430. The van der Waals surface area contributed by atoms with Crippen LogP contribution in [0.25, 0.3) is 11.3 Å². The number of nitrogens with zero attached hydrogens (tertiary/aromatic N) is 2. The Morgan fingerprint density at radius 2 is 1.92 bits per heavy atom. The molecule has 0 radical (unpaired) electrons. The van der Waals surface area contributed by atoms with Crippen molar-refractivity contribution in [3.63, 3.8) is 0 Å². The van der Waals surface area contributed by atoms with Crippen molar-refractivity contribution in [3.8, 4) is 0 Å². The summed E-state index contributed by atoms with van der Waals surface area (Å²) in [7, 11) is 0. The Balaban J connectivity index is 2.21. The van der Waals surface area contributed by atoms with Crippen LogP contribution in [0.5, 0.6) is 0 Å². The number of ether oxygens (including phenoxy) is 1. The lowest BCUT2D eigenvalue weighted by Gasteiger charge is -2.22. The number of hydrogen-bond donors (Lipinski definition) is 0. The number of rotatable bonds is 7. The maximum Gasteiger partial charge on any atom is 0.414 e. The van der Waals surface area contributed by atoms with Crippen molar-refractivity contribution in [2.24, 2.45) is 0 Å². The normalized spacial score (nSPS) is 14.8. The van der Waals surface area contributed by atoms with Gasteiger partial charge in [-0.25, -0.2) is 4.79 Å². The number of Topliss-reactive ketones (excluding diaryl/α,β-unsaturated/α-hetero) is 1. The molecule has 0 aliphatic carbocycles. The molecule has 1 saturated heterocycles. The second kappa shape index (κ2) is 8.43. The summed E-state index contributed by atoms with van der Waals surface area (Å²) in [5, 5.41) is 0. The molecule has 134 valence electrons. The van der Waals surface area contributed by atoms with Gasteiger partial charge in [-0.05, 0) is 24.1 Å². The fourth-order valence-electron chi connectivity index (χ4n) is 3.03. The summed E-state index contributed by atoms with van der Waals surface area (Å²) in [6.07, 6.45) is 5.09. The van der Waals surface area contributed by atoms with Gasteiger partial charge in [0.15, 0.2) is 5.78 Å². The average Bonchev–Trinajstić information content (AvgIpc) is 3.11. The molecule has 0 unspecified atom stereocenters. The molecule has 0 atom stereocenters. The zero-order valence-electron chi connectivity index (χ0n) is 14.9. The molecule has 2 aromatic rings. The van der Waals surface area contributed by atoms with E-state index in [1.54, 1.807) is 23.4 Å². The number of unbranched alkanes of at least 4 members (excludes halogenated alkanes) is 1. The average molecular weight is 350 g/mol. The number of ketones is 1. The summed E-state index contributed by atoms with van der Waals surface area (Å²) in [5.41, 5.74) is 2.65. The number of aromatic nitrogens is 1. The lowest BCUT2D eigenvalue weighted by molar-refractivity contribution is -0.113. The second-order valence-corrected chi connectivity index (χ2v) is 6.12. The summed E-state index contributed by atoms with van der Waals surface area (Å²) in [5.74, 6) is 0.0246. The number of pyridine rings is 1. The van der Waals surface area contributed by atoms with Gasteiger partial charge in [0, 0.05) is 30.0 Å². The Hall–Kier alpha value is -2.95. The fourth-order valence-corrected chi connectivity index (χ4v) is 3.03. The van der Waals surface area contributed by atoms with Gasteiger partial charge in [0.25, 0.3) is 0 Å². The SMILES string of the molecule is CCCCC(=O)/C(=C(\c1cccnc1)N1CCOC1=O)c1ccccc1. The maximum atomic E-state index is 13.1. The predicted molar refractivity (Wildman–Crippen MR) is 100 cm³/mol. The molecule has 1 fully saturated rings. The molecule has 0 bridgehead atoms. The van der Waals surface area contributed by atoms with Crippen LogP contribution in [0.3, 0.4) is 0 Å². The van der Waals surface area contributed by atoms with Crippen LogP contribution in [-0.4, -0.2) is 34.9 Å². The van der Waals surface area contributed by atoms with E-state index in [-0.39, 0.29) is 5.78 Å². The Kier molecular flexibility index (Phi) is 5.79. The van der Waals surface area contributed by atoms with Crippen molar-refractivity contribution < 1.29 is 14.3 Å². The molecule has 3 rings (SSSR count). The van der Waals surface area contributed by atoms with E-state index in [9.17, 15) is 9.59 Å². The number of carbonyl (C=O) groups excluding carboxylic acids is 2. The number of amides is 1. The maximum absolute atomic E-state index is 13.1. The first kappa shape index (κ1) is 17.9. The van der Waals surface area contributed by atoms with Gasteiger partial charge in [-0.1, -0.05) is 43.7 Å². The molecule has 0 saturated carbocycles. The molecule has 2 heterocycles. The van der Waals surface area contributed by atoms with Crippen LogP contribution >= 0.6 is 0 Å². The summed E-state index contributed by atoms with van der Waals surface area (Å²) in [4.78, 5) is 31.1. The minimum Gasteiger partial charge on any atom is -0.447 e. The van der Waals surface area contributed by atoms with Gasteiger partial charge in [0.05, 0.1) is 12.2 Å². The van der Waals surface area contributed by atoms with E-state index in [4.69, 9.17) is 4.74 Å². The topological polar surface area (TPSA) is 59.5 Å². The van der Waals surface area contributed by atoms with E-state index in [0.717, 1.165) is 24.0 Å². The Morgan fingerprint density at radius 1 is 1.15 bits per heavy atom. The summed E-state index contributed by atoms with van der Waals surface area (Å²) in [6, 6.07) is 13.2. The molecule has 1 amide bonds. The number of cyclic esters (lactones) is 1. The van der Waals surface area contributed by atoms with Crippen molar-refractivity contribution in [1.29, 1.82) is 0 Å². The minimum absolute atomic E-state index is 0.0246. The van der Waals surface area contributed by atoms with Crippen LogP contribution in [0.4, 0.5) is 4.79 Å². The second-order valence-electron chi connectivity index (χ2n) is 6.12. The number of benzene rings is 1. The van der Waals surface area contributed by atoms with Gasteiger partial charge < -0.3 is 4.74 Å². The first-order chi connectivity index (χ1) is 12.7. The molecule has 0 N–H and O–H groups in total. The van der Waals surface area contributed by atoms with Gasteiger partial charge in [0.1, 0.15) is 6.61 Å². The highest BCUT2D eigenvalue weighted by Gasteiger charge is 2.31. The lowest BCUT2D eigenvalue weighted by atomic mass is 9.93. The molecule has 1 aliphatic rings. The van der Waals surface area contributed by atoms with E-state index in [0.29, 0.717) is 30.8 Å². The van der Waals surface area contributed by atoms with Gasteiger partial charge in [-0.2, -0.15) is 0 Å². The summed E-state index contributed by atoms with van der Waals surface area (Å²) < 4.78 is 5.14. The fraction of sp³-hybridized carbons (Fsp3) is 0.286. The number of allylic oxidation sites excluding steroid dienone is 1. The summed E-state index contributed by atoms with van der Waals surface area (Å²) >= 11 is 0. The molecule has 1 aromatic carbocycles. The van der Waals surface area contributed by atoms with Crippen LogP contribution in [0, 0.1) is 0 Å². The molecule has 0 spiro atoms. The smallest absolute Gasteiger partial charge is 0.414 e. The Labute approximate surface area is 153 Å². The quantitative estimate of drug-likeness (QED) is 0.704. The highest BCUT2D eigenvalue weighted by atomic mass is 16.6. The molecule has 5 nitrogen and oxygen atoms in total. The molecule has 26 heavy (non-hydrogen) atoms. The molecule has 1 aromatic heterocycles. The first-order valence-corrected chi connectivity index (χ1v) is 8.90. The third kappa shape index (κ3) is 3.82. The van der Waals surface area contributed by atoms with Crippen LogP contribution in [0.15, 0.2) is 54.9 Å². The van der Waals surface area contributed by atoms with Crippen LogP contribution in [0.2, 0.25) is 0 Å². The van der Waals surface area contributed by atoms with Crippen molar-refractivity contribution in [1.82, 2.24) is 9.88 Å². The lowest BCUT2D eigenvalue weighted by Crippen LogP contribution is -2.25. The van der Waals surface area contributed by atoms with Gasteiger partial charge in [0.2, 0.25) is 0 Å². The van der Waals surface area contributed by atoms with E-state index in [1.807, 2.05) is 36.4 Å². The Bertz CT molecular complexity index is 801. The van der Waals surface area contributed by atoms with Crippen LogP contribution < -0.4 is 0 Å². The summed E-state index contributed by atoms with van der Waals surface area (Å²) in [6.45, 7) is 2.79. The number of carbonyl (C=O) groups is 2. The zero-order valence-corrected chi connectivity index (χ0v) is 14.9. The van der Waals surface area contributed by atoms with Crippen molar-refractivity contribution in [3.05, 3.63) is 66.0 Å². The predicted octanol–water partition coefficient (Wildman–Crippen LogP) is 4.16.